The molecule has 0 saturated heterocycles. The molecular weight excluding hydrogens is 576 g/mol. The summed E-state index contributed by atoms with van der Waals surface area (Å²) in [6.07, 6.45) is 1.11. The lowest BCUT2D eigenvalue weighted by Crippen LogP contribution is -2.56. The summed E-state index contributed by atoms with van der Waals surface area (Å²) in [5.41, 5.74) is 0.781. The minimum absolute atomic E-state index is 0.0289. The van der Waals surface area contributed by atoms with Gasteiger partial charge in [0.05, 0.1) is 22.0 Å². The highest BCUT2D eigenvalue weighted by molar-refractivity contribution is 7.92. The van der Waals surface area contributed by atoms with Crippen molar-refractivity contribution in [3.05, 3.63) is 99.8 Å². The highest BCUT2D eigenvalue weighted by Gasteiger charge is 2.34. The van der Waals surface area contributed by atoms with Gasteiger partial charge in [0.25, 0.3) is 0 Å². The second kappa shape index (κ2) is 13.0. The first-order valence-electron chi connectivity index (χ1n) is 12.5. The van der Waals surface area contributed by atoms with Crippen LogP contribution in [0, 0.1) is 5.82 Å². The average Bonchev–Trinajstić information content (AvgIpc) is 2.86. The van der Waals surface area contributed by atoms with Gasteiger partial charge in [0.2, 0.25) is 21.8 Å². The third kappa shape index (κ3) is 8.68. The van der Waals surface area contributed by atoms with Crippen molar-refractivity contribution in [3.63, 3.8) is 0 Å². The third-order valence-corrected chi connectivity index (χ3v) is 7.85. The van der Waals surface area contributed by atoms with Gasteiger partial charge in [-0.05, 0) is 56.2 Å². The van der Waals surface area contributed by atoms with Crippen LogP contribution in [0.5, 0.6) is 0 Å². The molecule has 11 heteroatoms. The molecule has 1 N–H and O–H groups in total. The van der Waals surface area contributed by atoms with Crippen molar-refractivity contribution >= 4 is 50.7 Å². The van der Waals surface area contributed by atoms with E-state index in [1.165, 1.54) is 47.4 Å². The first-order chi connectivity index (χ1) is 18.7. The van der Waals surface area contributed by atoms with Crippen LogP contribution in [0.1, 0.15) is 31.9 Å². The molecule has 2 amide bonds. The molecule has 3 rings (SSSR count). The lowest BCUT2D eigenvalue weighted by atomic mass is 10.0. The number of sulfonamides is 1. The SMILES string of the molecule is CC(C)(C)NC(=O)[C@@H](Cc1ccccc1)N(Cc1ccc(F)cc1)C(=O)CN(c1cccc(Cl)c1Cl)S(C)(=O)=O. The zero-order valence-electron chi connectivity index (χ0n) is 22.7. The molecular formula is C29H32Cl2FN3O4S. The summed E-state index contributed by atoms with van der Waals surface area (Å²) in [5.74, 6) is -1.53. The Kier molecular flexibility index (Phi) is 10.2. The summed E-state index contributed by atoms with van der Waals surface area (Å²) in [5, 5.41) is 3.03. The van der Waals surface area contributed by atoms with E-state index in [1.807, 2.05) is 51.1 Å². The molecule has 0 heterocycles. The highest BCUT2D eigenvalue weighted by atomic mass is 35.5. The lowest BCUT2D eigenvalue weighted by Gasteiger charge is -2.35. The fourth-order valence-corrected chi connectivity index (χ4v) is 5.38. The molecule has 214 valence electrons. The Morgan fingerprint density at radius 1 is 0.925 bits per heavy atom. The standard InChI is InChI=1S/C29H32Cl2FN3O4S/c1-29(2,3)33-28(37)25(17-20-9-6-5-7-10-20)34(18-21-13-15-22(32)16-14-21)26(36)19-35(40(4,38)39)24-12-8-11-23(30)27(24)31/h5-16,25H,17-19H2,1-4H3,(H,33,37)/t25-/m1/s1. The quantitative estimate of drug-likeness (QED) is 0.332. The summed E-state index contributed by atoms with van der Waals surface area (Å²) in [4.78, 5) is 29.0. The molecule has 7 nitrogen and oxygen atoms in total. The van der Waals surface area contributed by atoms with Crippen LogP contribution in [0.15, 0.2) is 72.8 Å². The van der Waals surface area contributed by atoms with E-state index in [-0.39, 0.29) is 28.7 Å². The highest BCUT2D eigenvalue weighted by Crippen LogP contribution is 2.34. The number of carbonyl (C=O) groups excluding carboxylic acids is 2. The van der Waals surface area contributed by atoms with Crippen molar-refractivity contribution in [3.8, 4) is 0 Å². The molecule has 0 spiro atoms. The smallest absolute Gasteiger partial charge is 0.244 e. The number of nitrogens with one attached hydrogen (secondary N) is 1. The molecule has 0 aliphatic rings. The summed E-state index contributed by atoms with van der Waals surface area (Å²) >= 11 is 12.5. The second-order valence-corrected chi connectivity index (χ2v) is 13.1. The van der Waals surface area contributed by atoms with Crippen molar-refractivity contribution in [2.75, 3.05) is 17.1 Å². The monoisotopic (exact) mass is 607 g/mol. The molecule has 0 aromatic heterocycles. The number of benzene rings is 3. The van der Waals surface area contributed by atoms with E-state index >= 15 is 0 Å². The molecule has 40 heavy (non-hydrogen) atoms. The van der Waals surface area contributed by atoms with Gasteiger partial charge >= 0.3 is 0 Å². The van der Waals surface area contributed by atoms with Crippen LogP contribution in [0.2, 0.25) is 10.0 Å². The van der Waals surface area contributed by atoms with E-state index in [4.69, 9.17) is 23.2 Å². The van der Waals surface area contributed by atoms with Crippen molar-refractivity contribution < 1.29 is 22.4 Å². The van der Waals surface area contributed by atoms with E-state index in [0.717, 1.165) is 16.1 Å². The number of halogens is 3. The molecule has 0 saturated carbocycles. The molecule has 3 aromatic carbocycles. The second-order valence-electron chi connectivity index (χ2n) is 10.4. The molecule has 3 aromatic rings. The summed E-state index contributed by atoms with van der Waals surface area (Å²) < 4.78 is 40.3. The first kappa shape index (κ1) is 31.4. The summed E-state index contributed by atoms with van der Waals surface area (Å²) in [7, 11) is -4.01. The zero-order chi connectivity index (χ0) is 29.7. The van der Waals surface area contributed by atoms with Crippen LogP contribution in [0.4, 0.5) is 10.1 Å². The average molecular weight is 609 g/mol. The maximum absolute atomic E-state index is 14.0. The molecule has 0 unspecified atom stereocenters. The van der Waals surface area contributed by atoms with Gasteiger partial charge in [-0.15, -0.1) is 0 Å². The lowest BCUT2D eigenvalue weighted by molar-refractivity contribution is -0.140. The van der Waals surface area contributed by atoms with Gasteiger partial charge in [-0.3, -0.25) is 13.9 Å². The number of amides is 2. The molecule has 0 radical (unpaired) electrons. The van der Waals surface area contributed by atoms with Crippen molar-refractivity contribution in [2.45, 2.75) is 45.3 Å². The van der Waals surface area contributed by atoms with Gasteiger partial charge in [-0.1, -0.05) is 71.7 Å². The number of rotatable bonds is 10. The van der Waals surface area contributed by atoms with E-state index in [2.05, 4.69) is 5.32 Å². The van der Waals surface area contributed by atoms with Crippen molar-refractivity contribution in [1.82, 2.24) is 10.2 Å². The Hall–Kier alpha value is -3.14. The Bertz CT molecular complexity index is 1450. The minimum atomic E-state index is -4.01. The Morgan fingerprint density at radius 3 is 2.12 bits per heavy atom. The maximum atomic E-state index is 14.0. The Labute approximate surface area is 244 Å². The number of anilines is 1. The maximum Gasteiger partial charge on any atom is 0.244 e. The van der Waals surface area contributed by atoms with E-state index in [1.54, 1.807) is 0 Å². The summed E-state index contributed by atoms with van der Waals surface area (Å²) in [6, 6.07) is 18.2. The Balaban J connectivity index is 2.09. The van der Waals surface area contributed by atoms with E-state index < -0.39 is 45.8 Å². The van der Waals surface area contributed by atoms with Gasteiger partial charge < -0.3 is 10.2 Å². The van der Waals surface area contributed by atoms with Crippen molar-refractivity contribution in [1.29, 1.82) is 0 Å². The molecule has 0 bridgehead atoms. The zero-order valence-corrected chi connectivity index (χ0v) is 25.0. The predicted molar refractivity (Wildman–Crippen MR) is 157 cm³/mol. The number of nitrogens with zero attached hydrogens (tertiary/aromatic N) is 2. The fraction of sp³-hybridized carbons (Fsp3) is 0.310. The van der Waals surface area contributed by atoms with Crippen LogP contribution >= 0.6 is 23.2 Å². The van der Waals surface area contributed by atoms with Gasteiger partial charge in [0, 0.05) is 18.5 Å². The van der Waals surface area contributed by atoms with Crippen LogP contribution < -0.4 is 9.62 Å². The normalized spacial score (nSPS) is 12.5. The number of hydrogen-bond acceptors (Lipinski definition) is 4. The van der Waals surface area contributed by atoms with Gasteiger partial charge in [-0.2, -0.15) is 0 Å². The van der Waals surface area contributed by atoms with Gasteiger partial charge in [0.15, 0.2) is 0 Å². The molecule has 0 aliphatic heterocycles. The number of carbonyl (C=O) groups is 2. The number of hydrogen-bond donors (Lipinski definition) is 1. The third-order valence-electron chi connectivity index (χ3n) is 5.91. The topological polar surface area (TPSA) is 86.8 Å². The van der Waals surface area contributed by atoms with Crippen LogP contribution in [-0.4, -0.2) is 49.5 Å². The van der Waals surface area contributed by atoms with E-state index in [0.29, 0.717) is 5.56 Å². The van der Waals surface area contributed by atoms with Gasteiger partial charge in [0.1, 0.15) is 18.4 Å². The summed E-state index contributed by atoms with van der Waals surface area (Å²) in [6.45, 7) is 4.75. The minimum Gasteiger partial charge on any atom is -0.350 e. The largest absolute Gasteiger partial charge is 0.350 e. The van der Waals surface area contributed by atoms with Crippen LogP contribution in [0.25, 0.3) is 0 Å². The first-order valence-corrected chi connectivity index (χ1v) is 15.1. The molecule has 0 aliphatic carbocycles. The predicted octanol–water partition coefficient (Wildman–Crippen LogP) is 5.45. The van der Waals surface area contributed by atoms with Gasteiger partial charge in [-0.25, -0.2) is 12.8 Å². The molecule has 0 fully saturated rings. The van der Waals surface area contributed by atoms with Crippen molar-refractivity contribution in [2.24, 2.45) is 0 Å². The van der Waals surface area contributed by atoms with Crippen LogP contribution in [-0.2, 0) is 32.6 Å². The Morgan fingerprint density at radius 2 is 1.55 bits per heavy atom. The van der Waals surface area contributed by atoms with E-state index in [9.17, 15) is 22.4 Å². The van der Waals surface area contributed by atoms with Crippen LogP contribution in [0.3, 0.4) is 0 Å². The molecule has 1 atom stereocenters. The fourth-order valence-electron chi connectivity index (χ4n) is 4.07.